The van der Waals surface area contributed by atoms with Gasteiger partial charge in [0, 0.05) is 23.6 Å². The summed E-state index contributed by atoms with van der Waals surface area (Å²) in [5.74, 6) is 1.23. The van der Waals surface area contributed by atoms with Gasteiger partial charge in [-0.1, -0.05) is 6.92 Å². The molecule has 1 rings (SSSR count). The predicted molar refractivity (Wildman–Crippen MR) is 59.3 cm³/mol. The molecule has 78 valence electrons. The van der Waals surface area contributed by atoms with Crippen LogP contribution in [0.2, 0.25) is 0 Å². The summed E-state index contributed by atoms with van der Waals surface area (Å²) in [7, 11) is 2.12. The molecule has 2 unspecified atom stereocenters. The second kappa shape index (κ2) is 5.23. The van der Waals surface area contributed by atoms with Crippen molar-refractivity contribution in [3.8, 4) is 0 Å². The Morgan fingerprint density at radius 3 is 2.69 bits per heavy atom. The molecule has 0 bridgehead atoms. The molecule has 0 aromatic carbocycles. The van der Waals surface area contributed by atoms with Crippen molar-refractivity contribution >= 4 is 11.8 Å². The zero-order valence-electron chi connectivity index (χ0n) is 8.86. The smallest absolute Gasteiger partial charge is 0.0639 e. The van der Waals surface area contributed by atoms with Crippen LogP contribution >= 0.6 is 11.8 Å². The van der Waals surface area contributed by atoms with E-state index in [9.17, 15) is 5.11 Å². The largest absolute Gasteiger partial charge is 0.392 e. The maximum absolute atomic E-state index is 9.26. The van der Waals surface area contributed by atoms with Gasteiger partial charge >= 0.3 is 0 Å². The van der Waals surface area contributed by atoms with E-state index in [1.807, 2.05) is 6.92 Å². The molecule has 3 atom stereocenters. The van der Waals surface area contributed by atoms with Crippen molar-refractivity contribution in [2.45, 2.75) is 44.1 Å². The Kier molecular flexibility index (Phi) is 4.56. The van der Waals surface area contributed by atoms with Gasteiger partial charge in [-0.2, -0.15) is 11.8 Å². The second-order valence-electron chi connectivity index (χ2n) is 4.16. The molecule has 0 saturated carbocycles. The van der Waals surface area contributed by atoms with Gasteiger partial charge < -0.3 is 10.0 Å². The Balaban J connectivity index is 2.27. The second-order valence-corrected chi connectivity index (χ2v) is 5.64. The predicted octanol–water partition coefficient (Wildman–Crippen LogP) is 1.58. The summed E-state index contributed by atoms with van der Waals surface area (Å²) in [6.45, 7) is 4.96. The number of hydrogen-bond acceptors (Lipinski definition) is 3. The molecule has 13 heavy (non-hydrogen) atoms. The van der Waals surface area contributed by atoms with Crippen molar-refractivity contribution in [2.24, 2.45) is 0 Å². The van der Waals surface area contributed by atoms with E-state index in [2.05, 4.69) is 30.6 Å². The van der Waals surface area contributed by atoms with Crippen LogP contribution in [0.25, 0.3) is 0 Å². The van der Waals surface area contributed by atoms with E-state index in [0.29, 0.717) is 6.04 Å². The Morgan fingerprint density at radius 1 is 1.54 bits per heavy atom. The first-order valence-corrected chi connectivity index (χ1v) is 6.14. The third kappa shape index (κ3) is 3.88. The SMILES string of the molecule is CC1CCC(N(C)C[C@H](C)O)CS1. The van der Waals surface area contributed by atoms with Gasteiger partial charge in [0.05, 0.1) is 6.10 Å². The summed E-state index contributed by atoms with van der Waals surface area (Å²) in [6, 6.07) is 0.677. The third-order valence-electron chi connectivity index (χ3n) is 2.66. The fraction of sp³-hybridized carbons (Fsp3) is 1.00. The molecule has 0 spiro atoms. The Hall–Kier alpha value is 0.270. The van der Waals surface area contributed by atoms with Crippen molar-refractivity contribution in [1.29, 1.82) is 0 Å². The molecule has 1 aliphatic heterocycles. The van der Waals surface area contributed by atoms with Crippen LogP contribution in [0, 0.1) is 0 Å². The Bertz CT molecular complexity index is 144. The fourth-order valence-corrected chi connectivity index (χ4v) is 3.06. The minimum absolute atomic E-state index is 0.200. The molecular weight excluding hydrogens is 182 g/mol. The standard InChI is InChI=1S/C10H21NOS/c1-8(12)6-11(3)10-5-4-9(2)13-7-10/h8-10,12H,4-7H2,1-3H3/t8-,9?,10?/m0/s1. The van der Waals surface area contributed by atoms with Crippen molar-refractivity contribution < 1.29 is 5.11 Å². The third-order valence-corrected chi connectivity index (χ3v) is 4.04. The molecule has 1 N–H and O–H groups in total. The monoisotopic (exact) mass is 203 g/mol. The molecule has 0 aliphatic carbocycles. The lowest BCUT2D eigenvalue weighted by atomic mass is 10.1. The molecular formula is C10H21NOS. The van der Waals surface area contributed by atoms with Crippen molar-refractivity contribution in [1.82, 2.24) is 4.90 Å². The van der Waals surface area contributed by atoms with Gasteiger partial charge in [-0.25, -0.2) is 0 Å². The highest BCUT2D eigenvalue weighted by Gasteiger charge is 2.22. The first-order valence-electron chi connectivity index (χ1n) is 5.09. The molecule has 1 saturated heterocycles. The molecule has 1 fully saturated rings. The minimum atomic E-state index is -0.200. The minimum Gasteiger partial charge on any atom is -0.392 e. The lowest BCUT2D eigenvalue weighted by Crippen LogP contribution is -2.40. The van der Waals surface area contributed by atoms with Gasteiger partial charge in [-0.3, -0.25) is 0 Å². The number of aliphatic hydroxyl groups is 1. The Morgan fingerprint density at radius 2 is 2.23 bits per heavy atom. The van der Waals surface area contributed by atoms with E-state index in [4.69, 9.17) is 0 Å². The van der Waals surface area contributed by atoms with E-state index < -0.39 is 0 Å². The summed E-state index contributed by atoms with van der Waals surface area (Å²) >= 11 is 2.06. The average Bonchev–Trinajstić information content (AvgIpc) is 2.04. The Labute approximate surface area is 85.7 Å². The zero-order chi connectivity index (χ0) is 9.84. The van der Waals surface area contributed by atoms with E-state index in [-0.39, 0.29) is 6.10 Å². The topological polar surface area (TPSA) is 23.5 Å². The number of likely N-dealkylation sites (N-methyl/N-ethyl adjacent to an activating group) is 1. The lowest BCUT2D eigenvalue weighted by molar-refractivity contribution is 0.118. The van der Waals surface area contributed by atoms with E-state index in [0.717, 1.165) is 11.8 Å². The molecule has 0 amide bonds. The zero-order valence-corrected chi connectivity index (χ0v) is 9.68. The van der Waals surface area contributed by atoms with Crippen LogP contribution in [0.15, 0.2) is 0 Å². The summed E-state index contributed by atoms with van der Waals surface area (Å²) < 4.78 is 0. The summed E-state index contributed by atoms with van der Waals surface area (Å²) in [4.78, 5) is 2.30. The average molecular weight is 203 g/mol. The normalized spacial score (nSPS) is 32.1. The summed E-state index contributed by atoms with van der Waals surface area (Å²) in [5, 5.41) is 10.1. The van der Waals surface area contributed by atoms with Gasteiger partial charge in [0.25, 0.3) is 0 Å². The van der Waals surface area contributed by atoms with Crippen LogP contribution in [0.3, 0.4) is 0 Å². The van der Waals surface area contributed by atoms with Crippen molar-refractivity contribution in [3.63, 3.8) is 0 Å². The number of rotatable bonds is 3. The highest BCUT2D eigenvalue weighted by atomic mass is 32.2. The van der Waals surface area contributed by atoms with Crippen LogP contribution in [0.1, 0.15) is 26.7 Å². The summed E-state index contributed by atoms with van der Waals surface area (Å²) in [5.41, 5.74) is 0. The highest BCUT2D eigenvalue weighted by molar-refractivity contribution is 7.99. The number of nitrogens with zero attached hydrogens (tertiary/aromatic N) is 1. The van der Waals surface area contributed by atoms with Gasteiger partial charge in [0.1, 0.15) is 0 Å². The summed E-state index contributed by atoms with van der Waals surface area (Å²) in [6.07, 6.45) is 2.41. The van der Waals surface area contributed by atoms with Crippen LogP contribution in [0.4, 0.5) is 0 Å². The molecule has 3 heteroatoms. The van der Waals surface area contributed by atoms with Crippen LogP contribution in [-0.2, 0) is 0 Å². The number of hydrogen-bond donors (Lipinski definition) is 1. The van der Waals surface area contributed by atoms with Gasteiger partial charge in [-0.15, -0.1) is 0 Å². The maximum Gasteiger partial charge on any atom is 0.0639 e. The van der Waals surface area contributed by atoms with Gasteiger partial charge in [0.15, 0.2) is 0 Å². The van der Waals surface area contributed by atoms with Crippen molar-refractivity contribution in [3.05, 3.63) is 0 Å². The molecule has 1 heterocycles. The highest BCUT2D eigenvalue weighted by Crippen LogP contribution is 2.27. The molecule has 0 radical (unpaired) electrons. The van der Waals surface area contributed by atoms with Gasteiger partial charge in [0.2, 0.25) is 0 Å². The van der Waals surface area contributed by atoms with E-state index >= 15 is 0 Å². The molecule has 0 aromatic rings. The molecule has 1 aliphatic rings. The number of thioether (sulfide) groups is 1. The van der Waals surface area contributed by atoms with E-state index in [1.165, 1.54) is 18.6 Å². The fourth-order valence-electron chi connectivity index (χ4n) is 1.78. The first kappa shape index (κ1) is 11.3. The number of aliphatic hydroxyl groups excluding tert-OH is 1. The van der Waals surface area contributed by atoms with Gasteiger partial charge in [-0.05, 0) is 26.8 Å². The van der Waals surface area contributed by atoms with Crippen LogP contribution < -0.4 is 0 Å². The van der Waals surface area contributed by atoms with Crippen LogP contribution in [0.5, 0.6) is 0 Å². The quantitative estimate of drug-likeness (QED) is 0.753. The maximum atomic E-state index is 9.26. The molecule has 2 nitrogen and oxygen atoms in total. The van der Waals surface area contributed by atoms with Crippen molar-refractivity contribution in [2.75, 3.05) is 19.3 Å². The molecule has 0 aromatic heterocycles. The first-order chi connectivity index (χ1) is 6.09. The lowest BCUT2D eigenvalue weighted by Gasteiger charge is -2.33. The van der Waals surface area contributed by atoms with Crippen LogP contribution in [-0.4, -0.2) is 46.7 Å². The van der Waals surface area contributed by atoms with E-state index in [1.54, 1.807) is 0 Å².